The monoisotopic (exact) mass is 433 g/mol. The number of benzene rings is 1. The van der Waals surface area contributed by atoms with Crippen LogP contribution in [0, 0.1) is 5.41 Å². The fourth-order valence-corrected chi connectivity index (χ4v) is 4.71. The lowest BCUT2D eigenvalue weighted by atomic mass is 9.92. The van der Waals surface area contributed by atoms with Gasteiger partial charge in [-0.1, -0.05) is 39.0 Å². The number of aromatic nitrogens is 3. The van der Waals surface area contributed by atoms with Gasteiger partial charge in [-0.25, -0.2) is 9.97 Å². The first-order valence-corrected chi connectivity index (χ1v) is 11.4. The lowest BCUT2D eigenvalue weighted by molar-refractivity contribution is -0.140. The highest BCUT2D eigenvalue weighted by Gasteiger charge is 2.33. The van der Waals surface area contributed by atoms with Crippen molar-refractivity contribution in [2.75, 3.05) is 31.2 Å². The van der Waals surface area contributed by atoms with Gasteiger partial charge < -0.3 is 19.5 Å². The zero-order chi connectivity index (χ0) is 22.5. The topological polar surface area (TPSA) is 74.3 Å². The van der Waals surface area contributed by atoms with Crippen molar-refractivity contribution < 1.29 is 9.53 Å². The predicted molar refractivity (Wildman–Crippen MR) is 126 cm³/mol. The molecule has 0 bridgehead atoms. The number of carbonyl (C=O) groups is 1. The van der Waals surface area contributed by atoms with E-state index < -0.39 is 5.41 Å². The Kier molecular flexibility index (Phi) is 5.16. The molecule has 0 radical (unpaired) electrons. The van der Waals surface area contributed by atoms with Gasteiger partial charge in [0.05, 0.1) is 37.2 Å². The maximum atomic E-state index is 13.0. The molecular weight excluding hydrogens is 402 g/mol. The number of nitrogens with zero attached hydrogens (tertiary/aromatic N) is 4. The molecule has 1 fully saturated rings. The van der Waals surface area contributed by atoms with Gasteiger partial charge in [-0.15, -0.1) is 0 Å². The standard InChI is InChI=1S/C25H31N5O2/c1-16-15-32-12-11-30(16)24-27-21-14-29(23(31)25(2,3)4)10-9-18(21)22(28-24)19-13-26-20-8-6-5-7-17(19)20/h5-8,13,16,26H,9-12,14-15H2,1-4H3. The number of H-pyrrole nitrogens is 1. The smallest absolute Gasteiger partial charge is 0.228 e. The number of fused-ring (bicyclic) bond motifs is 2. The molecule has 3 aromatic rings. The summed E-state index contributed by atoms with van der Waals surface area (Å²) in [6.07, 6.45) is 2.80. The average molecular weight is 434 g/mol. The van der Waals surface area contributed by atoms with Crippen LogP contribution in [-0.4, -0.2) is 58.1 Å². The highest BCUT2D eigenvalue weighted by molar-refractivity contribution is 5.95. The zero-order valence-electron chi connectivity index (χ0n) is 19.3. The van der Waals surface area contributed by atoms with Crippen LogP contribution in [0.1, 0.15) is 39.0 Å². The average Bonchev–Trinajstić information content (AvgIpc) is 3.21. The Bertz CT molecular complexity index is 1160. The number of aromatic amines is 1. The molecule has 2 aliphatic heterocycles. The number of rotatable bonds is 2. The molecule has 0 aliphatic carbocycles. The summed E-state index contributed by atoms with van der Waals surface area (Å²) in [4.78, 5) is 30.7. The van der Waals surface area contributed by atoms with Crippen LogP contribution in [0.4, 0.5) is 5.95 Å². The summed E-state index contributed by atoms with van der Waals surface area (Å²) in [5, 5.41) is 1.16. The van der Waals surface area contributed by atoms with Crippen molar-refractivity contribution in [1.29, 1.82) is 0 Å². The van der Waals surface area contributed by atoms with Crippen LogP contribution in [0.25, 0.3) is 22.2 Å². The van der Waals surface area contributed by atoms with E-state index in [1.54, 1.807) is 0 Å². The normalized spacial score (nSPS) is 19.3. The van der Waals surface area contributed by atoms with Crippen molar-refractivity contribution in [1.82, 2.24) is 19.9 Å². The largest absolute Gasteiger partial charge is 0.377 e. The Morgan fingerprint density at radius 1 is 1.19 bits per heavy atom. The fraction of sp³-hybridized carbons (Fsp3) is 0.480. The Labute approximate surface area is 188 Å². The van der Waals surface area contributed by atoms with Gasteiger partial charge in [-0.2, -0.15) is 0 Å². The molecule has 4 heterocycles. The van der Waals surface area contributed by atoms with Crippen molar-refractivity contribution in [3.05, 3.63) is 41.7 Å². The van der Waals surface area contributed by atoms with Crippen LogP contribution in [0.3, 0.4) is 0 Å². The van der Waals surface area contributed by atoms with Gasteiger partial charge in [0.1, 0.15) is 0 Å². The Balaban J connectivity index is 1.63. The Hall–Kier alpha value is -2.93. The Morgan fingerprint density at radius 2 is 2.00 bits per heavy atom. The number of carbonyl (C=O) groups excluding carboxylic acids is 1. The number of hydrogen-bond donors (Lipinski definition) is 1. The van der Waals surface area contributed by atoms with Gasteiger partial charge >= 0.3 is 0 Å². The number of hydrogen-bond acceptors (Lipinski definition) is 5. The maximum absolute atomic E-state index is 13.0. The van der Waals surface area contributed by atoms with E-state index in [0.717, 1.165) is 52.3 Å². The first kappa shape index (κ1) is 20.9. The number of ether oxygens (including phenoxy) is 1. The molecule has 32 heavy (non-hydrogen) atoms. The molecule has 1 aromatic carbocycles. The van der Waals surface area contributed by atoms with E-state index >= 15 is 0 Å². The highest BCUT2D eigenvalue weighted by Crippen LogP contribution is 2.35. The van der Waals surface area contributed by atoms with Gasteiger partial charge in [0, 0.05) is 46.7 Å². The third-order valence-electron chi connectivity index (χ3n) is 6.45. The van der Waals surface area contributed by atoms with Crippen molar-refractivity contribution in [3.63, 3.8) is 0 Å². The van der Waals surface area contributed by atoms with Crippen molar-refractivity contribution in [3.8, 4) is 11.3 Å². The number of para-hydroxylation sites is 1. The van der Waals surface area contributed by atoms with Crippen molar-refractivity contribution in [2.45, 2.75) is 46.7 Å². The molecule has 1 saturated heterocycles. The second kappa shape index (κ2) is 7.89. The van der Waals surface area contributed by atoms with Crippen molar-refractivity contribution >= 4 is 22.8 Å². The molecule has 0 spiro atoms. The molecule has 1 atom stereocenters. The van der Waals surface area contributed by atoms with E-state index in [1.807, 2.05) is 37.9 Å². The molecule has 168 valence electrons. The molecule has 0 saturated carbocycles. The molecule has 2 aliphatic rings. The van der Waals surface area contributed by atoms with Gasteiger partial charge in [0.15, 0.2) is 0 Å². The second-order valence-electron chi connectivity index (χ2n) is 9.89. The first-order valence-electron chi connectivity index (χ1n) is 11.4. The van der Waals surface area contributed by atoms with Gasteiger partial charge in [0.2, 0.25) is 11.9 Å². The van der Waals surface area contributed by atoms with Crippen LogP contribution in [0.15, 0.2) is 30.5 Å². The van der Waals surface area contributed by atoms with E-state index in [9.17, 15) is 4.79 Å². The minimum Gasteiger partial charge on any atom is -0.377 e. The first-order chi connectivity index (χ1) is 15.3. The van der Waals surface area contributed by atoms with Crippen LogP contribution >= 0.6 is 0 Å². The molecule has 7 heteroatoms. The predicted octanol–water partition coefficient (Wildman–Crippen LogP) is 3.78. The summed E-state index contributed by atoms with van der Waals surface area (Å²) >= 11 is 0. The summed E-state index contributed by atoms with van der Waals surface area (Å²) in [5.74, 6) is 0.890. The molecular formula is C25H31N5O2. The fourth-order valence-electron chi connectivity index (χ4n) is 4.71. The molecule has 2 aromatic heterocycles. The zero-order valence-corrected chi connectivity index (χ0v) is 19.3. The number of morpholine rings is 1. The van der Waals surface area contributed by atoms with Crippen LogP contribution in [0.5, 0.6) is 0 Å². The lowest BCUT2D eigenvalue weighted by Gasteiger charge is -2.36. The van der Waals surface area contributed by atoms with Crippen molar-refractivity contribution in [2.24, 2.45) is 5.41 Å². The molecule has 1 amide bonds. The second-order valence-corrected chi connectivity index (χ2v) is 9.89. The third kappa shape index (κ3) is 3.64. The van der Waals surface area contributed by atoms with Crippen LogP contribution in [-0.2, 0) is 22.5 Å². The number of amides is 1. The molecule has 1 N–H and O–H groups in total. The van der Waals surface area contributed by atoms with Gasteiger partial charge in [-0.3, -0.25) is 4.79 Å². The quantitative estimate of drug-likeness (QED) is 0.666. The minimum atomic E-state index is -0.411. The minimum absolute atomic E-state index is 0.164. The van der Waals surface area contributed by atoms with E-state index in [0.29, 0.717) is 26.3 Å². The Morgan fingerprint density at radius 3 is 2.78 bits per heavy atom. The summed E-state index contributed by atoms with van der Waals surface area (Å²) in [7, 11) is 0. The lowest BCUT2D eigenvalue weighted by Crippen LogP contribution is -2.46. The number of anilines is 1. The van der Waals surface area contributed by atoms with E-state index in [-0.39, 0.29) is 11.9 Å². The molecule has 5 rings (SSSR count). The summed E-state index contributed by atoms with van der Waals surface area (Å²) in [5.41, 5.74) is 4.86. The summed E-state index contributed by atoms with van der Waals surface area (Å²) < 4.78 is 5.64. The maximum Gasteiger partial charge on any atom is 0.228 e. The molecule has 7 nitrogen and oxygen atoms in total. The summed E-state index contributed by atoms with van der Waals surface area (Å²) in [6.45, 7) is 11.4. The SMILES string of the molecule is CC1COCCN1c1nc2c(c(-c3c[nH]c4ccccc34)n1)CCN(C(=O)C(C)(C)C)C2. The van der Waals surface area contributed by atoms with Crippen LogP contribution < -0.4 is 4.90 Å². The number of nitrogens with one attached hydrogen (secondary N) is 1. The van der Waals surface area contributed by atoms with Gasteiger partial charge in [-0.05, 0) is 19.4 Å². The summed E-state index contributed by atoms with van der Waals surface area (Å²) in [6, 6.07) is 8.51. The van der Waals surface area contributed by atoms with E-state index in [4.69, 9.17) is 14.7 Å². The van der Waals surface area contributed by atoms with Gasteiger partial charge in [0.25, 0.3) is 0 Å². The highest BCUT2D eigenvalue weighted by atomic mass is 16.5. The van der Waals surface area contributed by atoms with E-state index in [1.165, 1.54) is 0 Å². The van der Waals surface area contributed by atoms with Crippen LogP contribution in [0.2, 0.25) is 0 Å². The van der Waals surface area contributed by atoms with E-state index in [2.05, 4.69) is 35.0 Å². The third-order valence-corrected chi connectivity index (χ3v) is 6.45. The molecule has 1 unspecified atom stereocenters.